The molecule has 0 aliphatic carbocycles. The van der Waals surface area contributed by atoms with Gasteiger partial charge in [0.2, 0.25) is 0 Å². The van der Waals surface area contributed by atoms with Crippen LogP contribution in [0.2, 0.25) is 0 Å². The third-order valence-corrected chi connectivity index (χ3v) is 4.51. The Morgan fingerprint density at radius 1 is 1.08 bits per heavy atom. The summed E-state index contributed by atoms with van der Waals surface area (Å²) in [5.74, 6) is -3.83. The van der Waals surface area contributed by atoms with Crippen LogP contribution < -0.4 is 5.32 Å². The largest absolute Gasteiger partial charge is 0.452 e. The maximum absolute atomic E-state index is 13.1. The van der Waals surface area contributed by atoms with Gasteiger partial charge in [0.15, 0.2) is 28.1 Å². The second kappa shape index (κ2) is 7.61. The summed E-state index contributed by atoms with van der Waals surface area (Å²) < 4.78 is 53.9. The predicted octanol–water partition coefficient (Wildman–Crippen LogP) is 2.47. The first-order valence-corrected chi connectivity index (χ1v) is 9.20. The lowest BCUT2D eigenvalue weighted by Crippen LogP contribution is -2.21. The molecule has 1 amide bonds. The molecular weight excluding hydrogens is 368 g/mol. The summed E-state index contributed by atoms with van der Waals surface area (Å²) in [6.07, 6.45) is 1.00. The van der Waals surface area contributed by atoms with Crippen molar-refractivity contribution in [2.75, 3.05) is 18.2 Å². The third kappa shape index (κ3) is 4.85. The molecule has 0 spiro atoms. The summed E-state index contributed by atoms with van der Waals surface area (Å²) in [5.41, 5.74) is 0.483. The van der Waals surface area contributed by atoms with E-state index in [2.05, 4.69) is 5.32 Å². The van der Waals surface area contributed by atoms with E-state index in [0.29, 0.717) is 5.56 Å². The SMILES string of the molecule is Cc1ccc(S(C)(=O)=O)cc1C(=O)OCC(=O)Nc1ccc(F)c(F)c1. The second-order valence-corrected chi connectivity index (χ2v) is 7.52. The Balaban J connectivity index is 2.04. The Morgan fingerprint density at radius 3 is 2.38 bits per heavy atom. The Morgan fingerprint density at radius 2 is 1.77 bits per heavy atom. The van der Waals surface area contributed by atoms with E-state index in [9.17, 15) is 26.8 Å². The third-order valence-electron chi connectivity index (χ3n) is 3.39. The normalized spacial score (nSPS) is 11.1. The Kier molecular flexibility index (Phi) is 5.71. The molecule has 0 aromatic heterocycles. The van der Waals surface area contributed by atoms with Gasteiger partial charge in [-0.2, -0.15) is 0 Å². The number of halogens is 2. The van der Waals surface area contributed by atoms with Crippen LogP contribution in [-0.4, -0.2) is 33.2 Å². The smallest absolute Gasteiger partial charge is 0.338 e. The molecule has 0 atom stereocenters. The number of ether oxygens (including phenoxy) is 1. The molecule has 0 aliphatic heterocycles. The van der Waals surface area contributed by atoms with E-state index in [-0.39, 0.29) is 16.1 Å². The van der Waals surface area contributed by atoms with Crippen LogP contribution in [0, 0.1) is 18.6 Å². The van der Waals surface area contributed by atoms with Gasteiger partial charge in [-0.25, -0.2) is 22.0 Å². The summed E-state index contributed by atoms with van der Waals surface area (Å²) in [5, 5.41) is 2.25. The average Bonchev–Trinajstić information content (AvgIpc) is 2.55. The number of benzene rings is 2. The maximum atomic E-state index is 13.1. The Hall–Kier alpha value is -2.81. The zero-order valence-corrected chi connectivity index (χ0v) is 14.7. The highest BCUT2D eigenvalue weighted by atomic mass is 32.2. The first kappa shape index (κ1) is 19.5. The van der Waals surface area contributed by atoms with Gasteiger partial charge in [-0.1, -0.05) is 6.07 Å². The number of aryl methyl sites for hydroxylation is 1. The molecule has 26 heavy (non-hydrogen) atoms. The summed E-state index contributed by atoms with van der Waals surface area (Å²) in [7, 11) is -3.51. The van der Waals surface area contributed by atoms with Crippen molar-refractivity contribution >= 4 is 27.4 Å². The fourth-order valence-electron chi connectivity index (χ4n) is 2.03. The molecule has 2 rings (SSSR count). The molecule has 2 aromatic carbocycles. The van der Waals surface area contributed by atoms with E-state index in [4.69, 9.17) is 4.74 Å². The lowest BCUT2D eigenvalue weighted by molar-refractivity contribution is -0.119. The number of amides is 1. The number of carbonyl (C=O) groups excluding carboxylic acids is 2. The Bertz CT molecular complexity index is 973. The van der Waals surface area contributed by atoms with Gasteiger partial charge in [0.25, 0.3) is 5.91 Å². The number of esters is 1. The summed E-state index contributed by atoms with van der Waals surface area (Å²) >= 11 is 0. The molecule has 0 unspecified atom stereocenters. The highest BCUT2D eigenvalue weighted by Gasteiger charge is 2.17. The molecule has 0 radical (unpaired) electrons. The maximum Gasteiger partial charge on any atom is 0.338 e. The fourth-order valence-corrected chi connectivity index (χ4v) is 2.68. The number of anilines is 1. The number of nitrogens with one attached hydrogen (secondary N) is 1. The summed E-state index contributed by atoms with van der Waals surface area (Å²) in [6.45, 7) is 0.907. The van der Waals surface area contributed by atoms with Gasteiger partial charge in [-0.05, 0) is 36.8 Å². The number of sulfone groups is 1. The van der Waals surface area contributed by atoms with E-state index in [1.165, 1.54) is 18.2 Å². The van der Waals surface area contributed by atoms with Crippen molar-refractivity contribution in [2.24, 2.45) is 0 Å². The van der Waals surface area contributed by atoms with Crippen LogP contribution >= 0.6 is 0 Å². The summed E-state index contributed by atoms with van der Waals surface area (Å²) in [6, 6.07) is 6.76. The van der Waals surface area contributed by atoms with Crippen molar-refractivity contribution in [3.05, 3.63) is 59.2 Å². The zero-order valence-electron chi connectivity index (χ0n) is 13.9. The molecule has 9 heteroatoms. The van der Waals surface area contributed by atoms with Crippen molar-refractivity contribution in [2.45, 2.75) is 11.8 Å². The van der Waals surface area contributed by atoms with Crippen LogP contribution in [0.3, 0.4) is 0 Å². The standard InChI is InChI=1S/C17H15F2NO5S/c1-10-3-5-12(26(2,23)24)8-13(10)17(22)25-9-16(21)20-11-4-6-14(18)15(19)7-11/h3-8H,9H2,1-2H3,(H,20,21). The van der Waals surface area contributed by atoms with Crippen LogP contribution in [0.4, 0.5) is 14.5 Å². The van der Waals surface area contributed by atoms with E-state index in [0.717, 1.165) is 24.5 Å². The summed E-state index contributed by atoms with van der Waals surface area (Å²) in [4.78, 5) is 23.8. The highest BCUT2D eigenvalue weighted by molar-refractivity contribution is 7.90. The molecule has 138 valence electrons. The fraction of sp³-hybridized carbons (Fsp3) is 0.176. The average molecular weight is 383 g/mol. The van der Waals surface area contributed by atoms with Gasteiger partial charge >= 0.3 is 5.97 Å². The van der Waals surface area contributed by atoms with Gasteiger partial charge in [0, 0.05) is 18.0 Å². The van der Waals surface area contributed by atoms with Crippen LogP contribution in [0.5, 0.6) is 0 Å². The first-order valence-electron chi connectivity index (χ1n) is 7.30. The number of hydrogen-bond donors (Lipinski definition) is 1. The quantitative estimate of drug-likeness (QED) is 0.801. The molecule has 0 aliphatic rings. The first-order chi connectivity index (χ1) is 12.1. The van der Waals surface area contributed by atoms with Gasteiger partial charge in [-0.3, -0.25) is 4.79 Å². The number of hydrogen-bond acceptors (Lipinski definition) is 5. The van der Waals surface area contributed by atoms with Crippen molar-refractivity contribution in [1.29, 1.82) is 0 Å². The van der Waals surface area contributed by atoms with Crippen molar-refractivity contribution in [1.82, 2.24) is 0 Å². The van der Waals surface area contributed by atoms with E-state index in [1.54, 1.807) is 6.92 Å². The Labute approximate surface area is 148 Å². The van der Waals surface area contributed by atoms with Crippen molar-refractivity contribution in [3.8, 4) is 0 Å². The second-order valence-electron chi connectivity index (χ2n) is 5.50. The molecule has 0 saturated carbocycles. The van der Waals surface area contributed by atoms with Crippen LogP contribution in [-0.2, 0) is 19.4 Å². The van der Waals surface area contributed by atoms with E-state index in [1.807, 2.05) is 0 Å². The minimum absolute atomic E-state index is 0.000188. The van der Waals surface area contributed by atoms with Gasteiger partial charge in [0.05, 0.1) is 10.5 Å². The lowest BCUT2D eigenvalue weighted by Gasteiger charge is -2.09. The molecule has 0 fully saturated rings. The number of rotatable bonds is 5. The molecule has 1 N–H and O–H groups in total. The highest BCUT2D eigenvalue weighted by Crippen LogP contribution is 2.17. The van der Waals surface area contributed by atoms with E-state index >= 15 is 0 Å². The topological polar surface area (TPSA) is 89.5 Å². The van der Waals surface area contributed by atoms with Gasteiger partial charge < -0.3 is 10.1 Å². The van der Waals surface area contributed by atoms with Gasteiger partial charge in [-0.15, -0.1) is 0 Å². The van der Waals surface area contributed by atoms with Crippen molar-refractivity contribution < 1.29 is 31.5 Å². The predicted molar refractivity (Wildman–Crippen MR) is 89.6 cm³/mol. The van der Waals surface area contributed by atoms with Gasteiger partial charge in [0.1, 0.15) is 0 Å². The zero-order chi connectivity index (χ0) is 19.5. The van der Waals surface area contributed by atoms with Crippen LogP contribution in [0.15, 0.2) is 41.3 Å². The number of carbonyl (C=O) groups is 2. The minimum atomic E-state index is -3.51. The lowest BCUT2D eigenvalue weighted by atomic mass is 10.1. The molecular formula is C17H15F2NO5S. The van der Waals surface area contributed by atoms with Crippen LogP contribution in [0.1, 0.15) is 15.9 Å². The molecule has 6 nitrogen and oxygen atoms in total. The molecule has 0 heterocycles. The minimum Gasteiger partial charge on any atom is -0.452 e. The van der Waals surface area contributed by atoms with E-state index < -0.39 is 40.0 Å². The molecule has 0 saturated heterocycles. The molecule has 2 aromatic rings. The van der Waals surface area contributed by atoms with Crippen molar-refractivity contribution in [3.63, 3.8) is 0 Å². The molecule has 0 bridgehead atoms. The van der Waals surface area contributed by atoms with Crippen LogP contribution in [0.25, 0.3) is 0 Å². The monoisotopic (exact) mass is 383 g/mol.